The maximum atomic E-state index is 14.0. The van der Waals surface area contributed by atoms with Crippen LogP contribution in [0.1, 0.15) is 53.2 Å². The highest BCUT2D eigenvalue weighted by Crippen LogP contribution is 2.33. The summed E-state index contributed by atoms with van der Waals surface area (Å²) in [5.74, 6) is -2.28. The van der Waals surface area contributed by atoms with Crippen molar-refractivity contribution in [1.29, 1.82) is 0 Å². The van der Waals surface area contributed by atoms with Crippen LogP contribution in [0.15, 0.2) is 82.1 Å². The van der Waals surface area contributed by atoms with E-state index in [0.717, 1.165) is 33.1 Å². The summed E-state index contributed by atoms with van der Waals surface area (Å²) in [6.07, 6.45) is -4.70. The number of aryl methyl sites for hydroxylation is 3. The lowest BCUT2D eigenvalue weighted by molar-refractivity contribution is -0.153. The molecule has 0 amide bonds. The SMILES string of the molecule is Cc1cc(C)c(S(=O)(=O)N(Cc2ccc(-c3cccc(C(C)(C)C(=O)O)c3)cc2)Cc2ccc(C(F)(F)F)o2)c(C)c1. The number of sulfonamides is 1. The number of carboxylic acids is 1. The minimum Gasteiger partial charge on any atom is -0.481 e. The minimum absolute atomic E-state index is 0.102. The van der Waals surface area contributed by atoms with Crippen molar-refractivity contribution in [2.75, 3.05) is 0 Å². The van der Waals surface area contributed by atoms with Crippen LogP contribution in [0.4, 0.5) is 13.2 Å². The van der Waals surface area contributed by atoms with Gasteiger partial charge < -0.3 is 9.52 Å². The van der Waals surface area contributed by atoms with Crippen LogP contribution in [-0.4, -0.2) is 23.8 Å². The maximum absolute atomic E-state index is 14.0. The first kappa shape index (κ1) is 31.1. The second-order valence-electron chi connectivity index (χ2n) is 11.0. The van der Waals surface area contributed by atoms with Crippen molar-refractivity contribution in [3.63, 3.8) is 0 Å². The van der Waals surface area contributed by atoms with Crippen LogP contribution < -0.4 is 0 Å². The lowest BCUT2D eigenvalue weighted by Crippen LogP contribution is -2.31. The van der Waals surface area contributed by atoms with Crippen molar-refractivity contribution in [1.82, 2.24) is 4.31 Å². The standard InChI is InChI=1S/C32H32F3NO5S/c1-20-15-21(2)29(22(3)16-20)42(39,40)36(19-27-13-14-28(41-27)32(33,34)35)18-23-9-11-24(12-10-23)25-7-6-8-26(17-25)31(4,5)30(37)38/h6-17H,18-19H2,1-5H3,(H,37,38). The predicted octanol–water partition coefficient (Wildman–Crippen LogP) is 7.64. The van der Waals surface area contributed by atoms with Crippen molar-refractivity contribution < 1.29 is 35.9 Å². The highest BCUT2D eigenvalue weighted by Gasteiger charge is 2.36. The van der Waals surface area contributed by atoms with E-state index < -0.39 is 39.9 Å². The Morgan fingerprint density at radius 1 is 0.857 bits per heavy atom. The van der Waals surface area contributed by atoms with Gasteiger partial charge in [0.25, 0.3) is 0 Å². The molecule has 222 valence electrons. The Morgan fingerprint density at radius 3 is 2.02 bits per heavy atom. The first-order valence-electron chi connectivity index (χ1n) is 13.2. The summed E-state index contributed by atoms with van der Waals surface area (Å²) in [6.45, 7) is 7.96. The fourth-order valence-corrected chi connectivity index (χ4v) is 6.74. The van der Waals surface area contributed by atoms with Crippen molar-refractivity contribution in [3.8, 4) is 11.1 Å². The molecule has 3 aromatic carbocycles. The Hall–Kier alpha value is -3.89. The number of aliphatic carboxylic acids is 1. The van der Waals surface area contributed by atoms with Gasteiger partial charge in [0.1, 0.15) is 5.76 Å². The largest absolute Gasteiger partial charge is 0.481 e. The Labute approximate surface area is 243 Å². The zero-order chi connectivity index (χ0) is 31.0. The third-order valence-corrected chi connectivity index (χ3v) is 9.34. The zero-order valence-electron chi connectivity index (χ0n) is 23.9. The molecule has 0 aliphatic carbocycles. The molecule has 0 radical (unpaired) electrons. The molecule has 0 saturated heterocycles. The third kappa shape index (κ3) is 6.44. The highest BCUT2D eigenvalue weighted by atomic mass is 32.2. The van der Waals surface area contributed by atoms with Gasteiger partial charge in [-0.15, -0.1) is 0 Å². The Bertz CT molecular complexity index is 1700. The van der Waals surface area contributed by atoms with E-state index >= 15 is 0 Å². The van der Waals surface area contributed by atoms with Crippen LogP contribution in [0.5, 0.6) is 0 Å². The van der Waals surface area contributed by atoms with E-state index in [1.807, 2.05) is 13.0 Å². The number of benzene rings is 3. The van der Waals surface area contributed by atoms with E-state index in [9.17, 15) is 31.5 Å². The van der Waals surface area contributed by atoms with Crippen molar-refractivity contribution in [2.45, 2.75) is 64.2 Å². The maximum Gasteiger partial charge on any atom is 0.449 e. The normalized spacial score (nSPS) is 12.6. The van der Waals surface area contributed by atoms with Gasteiger partial charge in [0.05, 0.1) is 16.9 Å². The molecule has 1 aromatic heterocycles. The zero-order valence-corrected chi connectivity index (χ0v) is 24.7. The molecule has 0 fully saturated rings. The number of carbonyl (C=O) groups is 1. The van der Waals surface area contributed by atoms with Crippen LogP contribution in [0, 0.1) is 20.8 Å². The number of nitrogens with zero attached hydrogens (tertiary/aromatic N) is 1. The molecule has 42 heavy (non-hydrogen) atoms. The average Bonchev–Trinajstić information content (AvgIpc) is 3.37. The average molecular weight is 600 g/mol. The van der Waals surface area contributed by atoms with E-state index in [1.165, 1.54) is 0 Å². The monoisotopic (exact) mass is 599 g/mol. The van der Waals surface area contributed by atoms with Gasteiger partial charge in [-0.3, -0.25) is 4.79 Å². The molecular weight excluding hydrogens is 567 g/mol. The number of hydrogen-bond acceptors (Lipinski definition) is 4. The molecule has 0 spiro atoms. The van der Waals surface area contributed by atoms with Crippen LogP contribution in [0.2, 0.25) is 0 Å². The number of halogens is 3. The molecule has 10 heteroatoms. The van der Waals surface area contributed by atoms with Gasteiger partial charge in [0.2, 0.25) is 15.8 Å². The fourth-order valence-electron chi connectivity index (χ4n) is 4.93. The van der Waals surface area contributed by atoms with Gasteiger partial charge >= 0.3 is 12.1 Å². The molecule has 0 aliphatic heterocycles. The minimum atomic E-state index is -4.70. The molecular formula is C32H32F3NO5S. The lowest BCUT2D eigenvalue weighted by Gasteiger charge is -2.24. The highest BCUT2D eigenvalue weighted by molar-refractivity contribution is 7.89. The summed E-state index contributed by atoms with van der Waals surface area (Å²) >= 11 is 0. The summed E-state index contributed by atoms with van der Waals surface area (Å²) in [7, 11) is -4.16. The summed E-state index contributed by atoms with van der Waals surface area (Å²) in [6, 6.07) is 19.7. The lowest BCUT2D eigenvalue weighted by atomic mass is 9.83. The molecule has 0 atom stereocenters. The molecule has 1 heterocycles. The summed E-state index contributed by atoms with van der Waals surface area (Å²) in [4.78, 5) is 11.8. The van der Waals surface area contributed by atoms with Crippen LogP contribution >= 0.6 is 0 Å². The number of alkyl halides is 3. The molecule has 0 aliphatic rings. The quantitative estimate of drug-likeness (QED) is 0.214. The fraction of sp³-hybridized carbons (Fsp3) is 0.281. The van der Waals surface area contributed by atoms with Crippen molar-refractivity contribution in [2.24, 2.45) is 0 Å². The van der Waals surface area contributed by atoms with Crippen LogP contribution in [0.25, 0.3) is 11.1 Å². The molecule has 0 bridgehead atoms. The van der Waals surface area contributed by atoms with Gasteiger partial charge in [0.15, 0.2) is 0 Å². The smallest absolute Gasteiger partial charge is 0.449 e. The summed E-state index contributed by atoms with van der Waals surface area (Å²) < 4.78 is 73.6. The number of carboxylic acid groups (broad SMARTS) is 1. The van der Waals surface area contributed by atoms with Crippen LogP contribution in [-0.2, 0) is 39.5 Å². The Kier molecular flexibility index (Phi) is 8.44. The third-order valence-electron chi connectivity index (χ3n) is 7.24. The van der Waals surface area contributed by atoms with Crippen molar-refractivity contribution in [3.05, 3.63) is 112 Å². The Morgan fingerprint density at radius 2 is 1.48 bits per heavy atom. The number of furan rings is 1. The Balaban J connectivity index is 1.69. The summed E-state index contributed by atoms with van der Waals surface area (Å²) in [5.41, 5.74) is 3.70. The van der Waals surface area contributed by atoms with Crippen molar-refractivity contribution >= 4 is 16.0 Å². The topological polar surface area (TPSA) is 87.8 Å². The predicted molar refractivity (Wildman–Crippen MR) is 153 cm³/mol. The van der Waals surface area contributed by atoms with E-state index in [2.05, 4.69) is 0 Å². The first-order valence-corrected chi connectivity index (χ1v) is 14.6. The molecule has 0 saturated carbocycles. The van der Waals surface area contributed by atoms with Gasteiger partial charge in [-0.05, 0) is 80.1 Å². The molecule has 0 unspecified atom stereocenters. The van der Waals surface area contributed by atoms with E-state index in [4.69, 9.17) is 4.42 Å². The molecule has 4 aromatic rings. The van der Waals surface area contributed by atoms with Crippen LogP contribution in [0.3, 0.4) is 0 Å². The molecule has 6 nitrogen and oxygen atoms in total. The second kappa shape index (κ2) is 11.4. The molecule has 1 N–H and O–H groups in total. The first-order chi connectivity index (χ1) is 19.5. The second-order valence-corrected chi connectivity index (χ2v) is 12.8. The van der Waals surface area contributed by atoms with Gasteiger partial charge in [-0.1, -0.05) is 66.2 Å². The van der Waals surface area contributed by atoms with E-state index in [-0.39, 0.29) is 17.2 Å². The van der Waals surface area contributed by atoms with E-state index in [1.54, 1.807) is 82.3 Å². The van der Waals surface area contributed by atoms with Gasteiger partial charge in [-0.25, -0.2) is 8.42 Å². The van der Waals surface area contributed by atoms with Gasteiger partial charge in [-0.2, -0.15) is 17.5 Å². The number of rotatable bonds is 9. The van der Waals surface area contributed by atoms with E-state index in [0.29, 0.717) is 22.3 Å². The number of hydrogen-bond donors (Lipinski definition) is 1. The molecule has 4 rings (SSSR count). The van der Waals surface area contributed by atoms with Gasteiger partial charge in [0, 0.05) is 6.54 Å². The summed E-state index contributed by atoms with van der Waals surface area (Å²) in [5, 5.41) is 9.60.